The minimum absolute atomic E-state index is 0.984. The predicted molar refractivity (Wildman–Crippen MR) is 214 cm³/mol. The van der Waals surface area contributed by atoms with Crippen molar-refractivity contribution >= 4 is 43.6 Å². The fraction of sp³-hybridized carbons (Fsp3) is 0.0204. The maximum atomic E-state index is 2.42. The van der Waals surface area contributed by atoms with Crippen molar-refractivity contribution < 1.29 is 0 Å². The lowest BCUT2D eigenvalue weighted by molar-refractivity contribution is 1.15. The zero-order valence-corrected chi connectivity index (χ0v) is 27.9. The Morgan fingerprint density at radius 3 is 1.57 bits per heavy atom. The van der Waals surface area contributed by atoms with Gasteiger partial charge in [0, 0.05) is 32.9 Å². The molecule has 8 aromatic carbocycles. The van der Waals surface area contributed by atoms with Crippen LogP contribution in [-0.2, 0) is 6.42 Å². The van der Waals surface area contributed by atoms with Gasteiger partial charge >= 0.3 is 0 Å². The predicted octanol–water partition coefficient (Wildman–Crippen LogP) is 12.8. The quantitative estimate of drug-likeness (QED) is 0.180. The third-order valence-corrected chi connectivity index (χ3v) is 11.0. The molecule has 0 unspecified atom stereocenters. The van der Waals surface area contributed by atoms with Crippen molar-refractivity contribution in [3.8, 4) is 44.8 Å². The Kier molecular flexibility index (Phi) is 6.05. The molecular weight excluding hydrogens is 617 g/mol. The van der Waals surface area contributed by atoms with E-state index in [4.69, 9.17) is 0 Å². The minimum atomic E-state index is 0.984. The average Bonchev–Trinajstić information content (AvgIpc) is 3.85. The van der Waals surface area contributed by atoms with Crippen LogP contribution in [0.25, 0.3) is 88.4 Å². The molecule has 2 heteroatoms. The largest absolute Gasteiger partial charge is 0.309 e. The van der Waals surface area contributed by atoms with Crippen LogP contribution in [0.2, 0.25) is 0 Å². The summed E-state index contributed by atoms with van der Waals surface area (Å²) in [5, 5.41) is 5.06. The molecule has 1 aliphatic carbocycles. The first-order valence-corrected chi connectivity index (χ1v) is 17.7. The summed E-state index contributed by atoms with van der Waals surface area (Å²) in [6, 6.07) is 66.9. The molecule has 238 valence electrons. The van der Waals surface area contributed by atoms with Crippen LogP contribution in [0.15, 0.2) is 182 Å². The number of para-hydroxylation sites is 3. The SMILES string of the molecule is c1cc(-c2ccc(-n3c4ccccc4c4ccc(-n5c6ccccc6c6ccccc65)cc43)cc2)cc(-c2cccc3c2Cc2ccccc2-3)c1. The van der Waals surface area contributed by atoms with Gasteiger partial charge in [0.05, 0.1) is 22.1 Å². The molecule has 0 atom stereocenters. The lowest BCUT2D eigenvalue weighted by Crippen LogP contribution is -1.97. The van der Waals surface area contributed by atoms with E-state index in [2.05, 4.69) is 191 Å². The number of rotatable bonds is 4. The van der Waals surface area contributed by atoms with E-state index in [1.807, 2.05) is 0 Å². The molecule has 0 spiro atoms. The maximum absolute atomic E-state index is 2.42. The highest BCUT2D eigenvalue weighted by Gasteiger charge is 2.21. The van der Waals surface area contributed by atoms with Gasteiger partial charge in [-0.15, -0.1) is 0 Å². The molecule has 0 saturated carbocycles. The van der Waals surface area contributed by atoms with Gasteiger partial charge in [-0.3, -0.25) is 0 Å². The van der Waals surface area contributed by atoms with Crippen LogP contribution in [0.5, 0.6) is 0 Å². The number of benzene rings is 8. The highest BCUT2D eigenvalue weighted by Crippen LogP contribution is 2.42. The van der Waals surface area contributed by atoms with E-state index in [0.29, 0.717) is 0 Å². The Balaban J connectivity index is 1.02. The van der Waals surface area contributed by atoms with Crippen molar-refractivity contribution in [2.75, 3.05) is 0 Å². The number of aromatic nitrogens is 2. The summed E-state index contributed by atoms with van der Waals surface area (Å²) in [6.07, 6.45) is 0.984. The molecule has 11 rings (SSSR count). The molecule has 0 N–H and O–H groups in total. The van der Waals surface area contributed by atoms with Gasteiger partial charge in [-0.1, -0.05) is 133 Å². The second kappa shape index (κ2) is 10.9. The summed E-state index contributed by atoms with van der Waals surface area (Å²) in [4.78, 5) is 0. The summed E-state index contributed by atoms with van der Waals surface area (Å²) in [7, 11) is 0. The van der Waals surface area contributed by atoms with Crippen molar-refractivity contribution in [2.24, 2.45) is 0 Å². The van der Waals surface area contributed by atoms with Crippen molar-refractivity contribution in [3.05, 3.63) is 193 Å². The molecule has 0 aliphatic heterocycles. The first kappa shape index (κ1) is 28.2. The Bertz CT molecular complexity index is 2940. The highest BCUT2D eigenvalue weighted by atomic mass is 15.0. The van der Waals surface area contributed by atoms with Crippen LogP contribution in [0.1, 0.15) is 11.1 Å². The van der Waals surface area contributed by atoms with E-state index in [9.17, 15) is 0 Å². The molecule has 0 fully saturated rings. The Hall–Kier alpha value is -6.64. The smallest absolute Gasteiger partial charge is 0.0561 e. The highest BCUT2D eigenvalue weighted by molar-refractivity contribution is 6.12. The summed E-state index contributed by atoms with van der Waals surface area (Å²) >= 11 is 0. The normalized spacial score (nSPS) is 12.2. The topological polar surface area (TPSA) is 9.86 Å². The number of hydrogen-bond acceptors (Lipinski definition) is 0. The Labute approximate surface area is 296 Å². The van der Waals surface area contributed by atoms with Gasteiger partial charge in [0.15, 0.2) is 0 Å². The Morgan fingerprint density at radius 2 is 0.843 bits per heavy atom. The van der Waals surface area contributed by atoms with E-state index in [-0.39, 0.29) is 0 Å². The third kappa shape index (κ3) is 4.23. The van der Waals surface area contributed by atoms with Crippen LogP contribution in [0.4, 0.5) is 0 Å². The van der Waals surface area contributed by atoms with Crippen LogP contribution in [0, 0.1) is 0 Å². The van der Waals surface area contributed by atoms with Crippen molar-refractivity contribution in [1.29, 1.82) is 0 Å². The van der Waals surface area contributed by atoms with Crippen LogP contribution < -0.4 is 0 Å². The van der Waals surface area contributed by atoms with Crippen molar-refractivity contribution in [2.45, 2.75) is 6.42 Å². The fourth-order valence-corrected chi connectivity index (χ4v) is 8.67. The van der Waals surface area contributed by atoms with Gasteiger partial charge in [-0.25, -0.2) is 0 Å². The zero-order chi connectivity index (χ0) is 33.5. The van der Waals surface area contributed by atoms with Gasteiger partial charge in [-0.2, -0.15) is 0 Å². The summed E-state index contributed by atoms with van der Waals surface area (Å²) in [5.74, 6) is 0. The number of nitrogens with zero attached hydrogens (tertiary/aromatic N) is 2. The van der Waals surface area contributed by atoms with E-state index in [1.165, 1.54) is 88.1 Å². The van der Waals surface area contributed by atoms with Crippen LogP contribution >= 0.6 is 0 Å². The van der Waals surface area contributed by atoms with Gasteiger partial charge in [-0.05, 0) is 99.5 Å². The van der Waals surface area contributed by atoms with Crippen molar-refractivity contribution in [3.63, 3.8) is 0 Å². The maximum Gasteiger partial charge on any atom is 0.0561 e. The summed E-state index contributed by atoms with van der Waals surface area (Å²) in [6.45, 7) is 0. The second-order valence-electron chi connectivity index (χ2n) is 13.7. The number of hydrogen-bond donors (Lipinski definition) is 0. The van der Waals surface area contributed by atoms with Gasteiger partial charge in [0.2, 0.25) is 0 Å². The summed E-state index contributed by atoms with van der Waals surface area (Å²) < 4.78 is 4.83. The van der Waals surface area contributed by atoms with E-state index in [0.717, 1.165) is 17.8 Å². The molecule has 10 aromatic rings. The average molecular weight is 649 g/mol. The van der Waals surface area contributed by atoms with E-state index >= 15 is 0 Å². The lowest BCUT2D eigenvalue weighted by Gasteiger charge is -2.13. The van der Waals surface area contributed by atoms with Crippen LogP contribution in [0.3, 0.4) is 0 Å². The first-order chi connectivity index (χ1) is 25.3. The van der Waals surface area contributed by atoms with Crippen LogP contribution in [-0.4, -0.2) is 9.13 Å². The molecule has 51 heavy (non-hydrogen) atoms. The Morgan fingerprint density at radius 1 is 0.314 bits per heavy atom. The molecule has 0 amide bonds. The molecule has 2 heterocycles. The molecular formula is C49H32N2. The molecule has 2 aromatic heterocycles. The van der Waals surface area contributed by atoms with Gasteiger partial charge in [0.25, 0.3) is 0 Å². The second-order valence-corrected chi connectivity index (χ2v) is 13.7. The third-order valence-electron chi connectivity index (χ3n) is 11.0. The molecule has 0 radical (unpaired) electrons. The fourth-order valence-electron chi connectivity index (χ4n) is 8.67. The monoisotopic (exact) mass is 648 g/mol. The van der Waals surface area contributed by atoms with Crippen molar-refractivity contribution in [1.82, 2.24) is 9.13 Å². The molecule has 0 bridgehead atoms. The molecule has 0 saturated heterocycles. The standard InChI is InChI=1S/C49H32N2/c1-2-14-38-35(11-1)30-45-39(18-10-19-40(38)45)34-13-9-12-33(29-34)32-23-25-36(26-24-32)50-46-20-6-5-17-43(46)44-28-27-37(31-49(44)50)51-47-21-7-3-15-41(47)42-16-4-8-22-48(42)51/h1-29,31H,30H2. The van der Waals surface area contributed by atoms with Gasteiger partial charge < -0.3 is 9.13 Å². The van der Waals surface area contributed by atoms with E-state index in [1.54, 1.807) is 0 Å². The first-order valence-electron chi connectivity index (χ1n) is 17.7. The van der Waals surface area contributed by atoms with E-state index < -0.39 is 0 Å². The van der Waals surface area contributed by atoms with Gasteiger partial charge in [0.1, 0.15) is 0 Å². The molecule has 1 aliphatic rings. The zero-order valence-electron chi connectivity index (χ0n) is 27.9. The summed E-state index contributed by atoms with van der Waals surface area (Å²) in [5.41, 5.74) is 17.8. The minimum Gasteiger partial charge on any atom is -0.309 e. The molecule has 2 nitrogen and oxygen atoms in total. The number of fused-ring (bicyclic) bond motifs is 9. The lowest BCUT2D eigenvalue weighted by atomic mass is 9.93.